The standard InChI is InChI=1S/C17H20N2O4/c1-3-13-15(19-10-23-13)17(20)18-8-11-7-12-5-4-6-14(21-2)16(12)22-9-11/h4-6,10-11H,3,7-9H2,1-2H3,(H,18,20)/t11-/m0/s1. The van der Waals surface area contributed by atoms with Crippen molar-refractivity contribution in [2.24, 2.45) is 5.92 Å². The molecule has 1 aromatic carbocycles. The molecule has 6 nitrogen and oxygen atoms in total. The lowest BCUT2D eigenvalue weighted by molar-refractivity contribution is 0.0932. The average molecular weight is 316 g/mol. The molecule has 1 amide bonds. The fourth-order valence-electron chi connectivity index (χ4n) is 2.78. The number of para-hydroxylation sites is 1. The maximum atomic E-state index is 12.2. The third-order valence-corrected chi connectivity index (χ3v) is 3.98. The van der Waals surface area contributed by atoms with Gasteiger partial charge in [-0.25, -0.2) is 4.98 Å². The first-order chi connectivity index (χ1) is 11.2. The van der Waals surface area contributed by atoms with Gasteiger partial charge in [0, 0.05) is 18.9 Å². The van der Waals surface area contributed by atoms with Gasteiger partial charge < -0.3 is 19.2 Å². The van der Waals surface area contributed by atoms with Crippen molar-refractivity contribution in [2.45, 2.75) is 19.8 Å². The number of fused-ring (bicyclic) bond motifs is 1. The van der Waals surface area contributed by atoms with Crippen molar-refractivity contribution in [1.29, 1.82) is 0 Å². The summed E-state index contributed by atoms with van der Waals surface area (Å²) < 4.78 is 16.3. The Morgan fingerprint density at radius 3 is 3.13 bits per heavy atom. The summed E-state index contributed by atoms with van der Waals surface area (Å²) in [5.74, 6) is 2.18. The molecule has 122 valence electrons. The maximum absolute atomic E-state index is 12.2. The van der Waals surface area contributed by atoms with Gasteiger partial charge in [0.25, 0.3) is 5.91 Å². The molecule has 1 aromatic heterocycles. The fourth-order valence-corrected chi connectivity index (χ4v) is 2.78. The zero-order valence-corrected chi connectivity index (χ0v) is 13.3. The number of oxazole rings is 1. The lowest BCUT2D eigenvalue weighted by Crippen LogP contribution is -2.35. The van der Waals surface area contributed by atoms with Crippen LogP contribution in [0.2, 0.25) is 0 Å². The summed E-state index contributed by atoms with van der Waals surface area (Å²) >= 11 is 0. The molecule has 0 radical (unpaired) electrons. The molecule has 0 unspecified atom stereocenters. The van der Waals surface area contributed by atoms with Crippen molar-refractivity contribution in [3.05, 3.63) is 41.6 Å². The van der Waals surface area contributed by atoms with E-state index in [1.54, 1.807) is 7.11 Å². The first-order valence-corrected chi connectivity index (χ1v) is 7.72. The van der Waals surface area contributed by atoms with Crippen LogP contribution in [0.1, 0.15) is 28.7 Å². The molecule has 1 atom stereocenters. The Morgan fingerprint density at radius 1 is 1.48 bits per heavy atom. The second kappa shape index (κ2) is 6.73. The highest BCUT2D eigenvalue weighted by Gasteiger charge is 2.24. The summed E-state index contributed by atoms with van der Waals surface area (Å²) in [4.78, 5) is 16.2. The van der Waals surface area contributed by atoms with E-state index in [0.717, 1.165) is 23.5 Å². The molecule has 0 saturated heterocycles. The number of aryl methyl sites for hydroxylation is 1. The van der Waals surface area contributed by atoms with Crippen LogP contribution in [-0.4, -0.2) is 31.2 Å². The van der Waals surface area contributed by atoms with Crippen LogP contribution in [0, 0.1) is 5.92 Å². The topological polar surface area (TPSA) is 73.6 Å². The van der Waals surface area contributed by atoms with Crippen molar-refractivity contribution in [3.8, 4) is 11.5 Å². The Kier molecular flexibility index (Phi) is 4.50. The van der Waals surface area contributed by atoms with Crippen LogP contribution in [0.25, 0.3) is 0 Å². The minimum atomic E-state index is -0.202. The predicted octanol–water partition coefficient (Wildman–Crippen LogP) is 2.23. The van der Waals surface area contributed by atoms with Crippen molar-refractivity contribution >= 4 is 5.91 Å². The van der Waals surface area contributed by atoms with E-state index in [4.69, 9.17) is 13.9 Å². The maximum Gasteiger partial charge on any atom is 0.273 e. The van der Waals surface area contributed by atoms with Gasteiger partial charge in [-0.1, -0.05) is 19.1 Å². The predicted molar refractivity (Wildman–Crippen MR) is 83.9 cm³/mol. The average Bonchev–Trinajstić information content (AvgIpc) is 3.07. The Morgan fingerprint density at radius 2 is 2.35 bits per heavy atom. The zero-order valence-electron chi connectivity index (χ0n) is 13.3. The molecule has 0 spiro atoms. The number of methoxy groups -OCH3 is 1. The van der Waals surface area contributed by atoms with Gasteiger partial charge in [-0.3, -0.25) is 4.79 Å². The van der Waals surface area contributed by atoms with Crippen LogP contribution in [0.3, 0.4) is 0 Å². The van der Waals surface area contributed by atoms with Gasteiger partial charge >= 0.3 is 0 Å². The largest absolute Gasteiger partial charge is 0.493 e. The molecule has 0 bridgehead atoms. The summed E-state index contributed by atoms with van der Waals surface area (Å²) in [6, 6.07) is 5.86. The normalized spacial score (nSPS) is 16.3. The van der Waals surface area contributed by atoms with E-state index in [9.17, 15) is 4.79 Å². The summed E-state index contributed by atoms with van der Waals surface area (Å²) in [5.41, 5.74) is 1.47. The molecule has 0 saturated carbocycles. The van der Waals surface area contributed by atoms with E-state index in [-0.39, 0.29) is 11.8 Å². The molecule has 1 aliphatic rings. The number of aromatic nitrogens is 1. The Balaban J connectivity index is 1.61. The van der Waals surface area contributed by atoms with Gasteiger partial charge in [0.2, 0.25) is 0 Å². The number of nitrogens with zero attached hydrogens (tertiary/aromatic N) is 1. The molecule has 1 N–H and O–H groups in total. The van der Waals surface area contributed by atoms with Crippen molar-refractivity contribution < 1.29 is 18.7 Å². The van der Waals surface area contributed by atoms with Gasteiger partial charge in [-0.15, -0.1) is 0 Å². The van der Waals surface area contributed by atoms with E-state index in [2.05, 4.69) is 10.3 Å². The number of amides is 1. The van der Waals surface area contributed by atoms with Gasteiger partial charge in [0.05, 0.1) is 13.7 Å². The molecule has 2 heterocycles. The monoisotopic (exact) mass is 316 g/mol. The number of benzene rings is 1. The number of ether oxygens (including phenoxy) is 2. The van der Waals surface area contributed by atoms with Crippen molar-refractivity contribution in [1.82, 2.24) is 10.3 Å². The van der Waals surface area contributed by atoms with E-state index in [1.807, 2.05) is 25.1 Å². The minimum Gasteiger partial charge on any atom is -0.493 e. The van der Waals surface area contributed by atoms with Gasteiger partial charge in [0.15, 0.2) is 23.6 Å². The first-order valence-electron chi connectivity index (χ1n) is 7.72. The molecule has 6 heteroatoms. The third kappa shape index (κ3) is 3.16. The molecule has 0 fully saturated rings. The highest BCUT2D eigenvalue weighted by Crippen LogP contribution is 2.35. The molecule has 1 aliphatic heterocycles. The quantitative estimate of drug-likeness (QED) is 0.915. The Hall–Kier alpha value is -2.50. The van der Waals surface area contributed by atoms with Gasteiger partial charge in [-0.2, -0.15) is 0 Å². The molecule has 0 aliphatic carbocycles. The van der Waals surface area contributed by atoms with Gasteiger partial charge in [-0.05, 0) is 18.1 Å². The lowest BCUT2D eigenvalue weighted by Gasteiger charge is -2.26. The van der Waals surface area contributed by atoms with E-state index < -0.39 is 0 Å². The van der Waals surface area contributed by atoms with E-state index in [1.165, 1.54) is 6.39 Å². The van der Waals surface area contributed by atoms with E-state index in [0.29, 0.717) is 31.0 Å². The van der Waals surface area contributed by atoms with Crippen LogP contribution >= 0.6 is 0 Å². The Bertz CT molecular complexity index is 696. The smallest absolute Gasteiger partial charge is 0.273 e. The number of rotatable bonds is 5. The summed E-state index contributed by atoms with van der Waals surface area (Å²) in [5, 5.41) is 2.92. The summed E-state index contributed by atoms with van der Waals surface area (Å²) in [6.45, 7) is 3.01. The lowest BCUT2D eigenvalue weighted by atomic mass is 9.96. The molecule has 3 rings (SSSR count). The third-order valence-electron chi connectivity index (χ3n) is 3.98. The number of hydrogen-bond donors (Lipinski definition) is 1. The van der Waals surface area contributed by atoms with Crippen LogP contribution in [0.5, 0.6) is 11.5 Å². The van der Waals surface area contributed by atoms with Crippen LogP contribution in [0.15, 0.2) is 29.0 Å². The summed E-state index contributed by atoms with van der Waals surface area (Å²) in [6.07, 6.45) is 2.79. The van der Waals surface area contributed by atoms with Crippen molar-refractivity contribution in [3.63, 3.8) is 0 Å². The molecule has 23 heavy (non-hydrogen) atoms. The minimum absolute atomic E-state index is 0.202. The number of hydrogen-bond acceptors (Lipinski definition) is 5. The SMILES string of the molecule is CCc1ocnc1C(=O)NC[C@H]1COc2c(cccc2OC)C1. The van der Waals surface area contributed by atoms with Gasteiger partial charge in [0.1, 0.15) is 5.76 Å². The highest BCUT2D eigenvalue weighted by molar-refractivity contribution is 5.93. The van der Waals surface area contributed by atoms with E-state index >= 15 is 0 Å². The molecule has 2 aromatic rings. The summed E-state index contributed by atoms with van der Waals surface area (Å²) in [7, 11) is 1.63. The molecular weight excluding hydrogens is 296 g/mol. The van der Waals surface area contributed by atoms with Crippen molar-refractivity contribution in [2.75, 3.05) is 20.3 Å². The second-order valence-corrected chi connectivity index (χ2v) is 5.52. The first kappa shape index (κ1) is 15.4. The van der Waals surface area contributed by atoms with Crippen LogP contribution < -0.4 is 14.8 Å². The second-order valence-electron chi connectivity index (χ2n) is 5.52. The number of nitrogens with one attached hydrogen (secondary N) is 1. The van der Waals surface area contributed by atoms with Crippen LogP contribution in [-0.2, 0) is 12.8 Å². The number of carbonyl (C=O) groups excluding carboxylic acids is 1. The highest BCUT2D eigenvalue weighted by atomic mass is 16.5. The number of carbonyl (C=O) groups is 1. The van der Waals surface area contributed by atoms with Crippen LogP contribution in [0.4, 0.5) is 0 Å². The zero-order chi connectivity index (χ0) is 16.2. The Labute approximate surface area is 134 Å². The molecular formula is C17H20N2O4. The fraction of sp³-hybridized carbons (Fsp3) is 0.412.